The molecule has 0 saturated carbocycles. The summed E-state index contributed by atoms with van der Waals surface area (Å²) >= 11 is 0. The average molecular weight is 413 g/mol. The number of halogens is 1. The Morgan fingerprint density at radius 1 is 1.00 bits per heavy atom. The summed E-state index contributed by atoms with van der Waals surface area (Å²) in [4.78, 5) is 24.5. The van der Waals surface area contributed by atoms with Crippen LogP contribution in [0.1, 0.15) is 16.2 Å². The van der Waals surface area contributed by atoms with Crippen LogP contribution in [0.4, 0.5) is 10.1 Å². The van der Waals surface area contributed by atoms with E-state index in [-0.39, 0.29) is 11.7 Å². The molecule has 8 heteroatoms. The first-order valence-electron chi connectivity index (χ1n) is 9.53. The van der Waals surface area contributed by atoms with Gasteiger partial charge >= 0.3 is 0 Å². The molecule has 0 bridgehead atoms. The third-order valence-corrected chi connectivity index (χ3v) is 4.76. The number of H-pyrrole nitrogens is 1. The van der Waals surface area contributed by atoms with E-state index in [1.54, 1.807) is 61.5 Å². The average Bonchev–Trinajstić information content (AvgIpc) is 3.40. The van der Waals surface area contributed by atoms with Crippen LogP contribution in [0.5, 0.6) is 0 Å². The van der Waals surface area contributed by atoms with Gasteiger partial charge in [0, 0.05) is 22.4 Å². The lowest BCUT2D eigenvalue weighted by molar-refractivity contribution is 0.102. The van der Waals surface area contributed by atoms with Crippen molar-refractivity contribution in [2.75, 3.05) is 5.32 Å². The summed E-state index contributed by atoms with van der Waals surface area (Å²) in [6.07, 6.45) is 0. The largest absolute Gasteiger partial charge is 0.338 e. The van der Waals surface area contributed by atoms with E-state index in [0.29, 0.717) is 34.4 Å². The maximum Gasteiger partial charge on any atom is 0.257 e. The minimum absolute atomic E-state index is 0.252. The third kappa shape index (κ3) is 3.78. The molecule has 0 saturated heterocycles. The molecule has 2 N–H and O–H groups in total. The number of hydrogen-bond donors (Lipinski definition) is 2. The molecule has 5 rings (SSSR count). The number of carbonyl (C=O) groups excluding carboxylic acids is 1. The molecule has 0 aliphatic carbocycles. The number of aryl methyl sites for hydroxylation is 1. The highest BCUT2D eigenvalue weighted by Gasteiger charge is 2.11. The van der Waals surface area contributed by atoms with Crippen molar-refractivity contribution in [2.45, 2.75) is 6.92 Å². The van der Waals surface area contributed by atoms with E-state index in [1.165, 1.54) is 12.1 Å². The quantitative estimate of drug-likeness (QED) is 0.433. The molecule has 31 heavy (non-hydrogen) atoms. The van der Waals surface area contributed by atoms with Crippen molar-refractivity contribution < 1.29 is 13.7 Å². The summed E-state index contributed by atoms with van der Waals surface area (Å²) < 4.78 is 18.6. The smallest absolute Gasteiger partial charge is 0.257 e. The maximum absolute atomic E-state index is 13.5. The van der Waals surface area contributed by atoms with Crippen LogP contribution < -0.4 is 5.32 Å². The number of anilines is 1. The van der Waals surface area contributed by atoms with Crippen molar-refractivity contribution in [1.29, 1.82) is 0 Å². The van der Waals surface area contributed by atoms with Gasteiger partial charge in [-0.15, -0.1) is 0 Å². The highest BCUT2D eigenvalue weighted by molar-refractivity contribution is 6.05. The first kappa shape index (κ1) is 18.7. The fraction of sp³-hybridized carbons (Fsp3) is 0.0435. The van der Waals surface area contributed by atoms with Crippen LogP contribution in [0.2, 0.25) is 0 Å². The lowest BCUT2D eigenvalue weighted by atomic mass is 10.1. The van der Waals surface area contributed by atoms with Crippen molar-refractivity contribution in [3.63, 3.8) is 0 Å². The third-order valence-electron chi connectivity index (χ3n) is 4.76. The second-order valence-corrected chi connectivity index (χ2v) is 7.01. The van der Waals surface area contributed by atoms with Crippen molar-refractivity contribution in [2.24, 2.45) is 0 Å². The van der Waals surface area contributed by atoms with Crippen LogP contribution in [0.25, 0.3) is 33.9 Å². The Hall–Kier alpha value is -4.33. The molecular formula is C23H16FN5O2. The van der Waals surface area contributed by atoms with Crippen LogP contribution in [0.3, 0.4) is 0 Å². The second kappa shape index (κ2) is 7.49. The molecule has 0 aliphatic heterocycles. The van der Waals surface area contributed by atoms with E-state index in [1.807, 2.05) is 0 Å². The predicted octanol–water partition coefficient (Wildman–Crippen LogP) is 4.98. The van der Waals surface area contributed by atoms with E-state index >= 15 is 0 Å². The van der Waals surface area contributed by atoms with Gasteiger partial charge in [0.1, 0.15) is 11.6 Å². The van der Waals surface area contributed by atoms with E-state index in [9.17, 15) is 9.18 Å². The molecule has 2 heterocycles. The minimum Gasteiger partial charge on any atom is -0.338 e. The predicted molar refractivity (Wildman–Crippen MR) is 114 cm³/mol. The van der Waals surface area contributed by atoms with Crippen molar-refractivity contribution in [3.05, 3.63) is 83.9 Å². The van der Waals surface area contributed by atoms with Gasteiger partial charge in [-0.25, -0.2) is 9.37 Å². The van der Waals surface area contributed by atoms with E-state index < -0.39 is 0 Å². The Morgan fingerprint density at radius 3 is 2.58 bits per heavy atom. The summed E-state index contributed by atoms with van der Waals surface area (Å²) in [5.74, 6) is 0.934. The van der Waals surface area contributed by atoms with Gasteiger partial charge in [0.2, 0.25) is 0 Å². The molecule has 0 fully saturated rings. The first-order valence-corrected chi connectivity index (χ1v) is 9.53. The van der Waals surface area contributed by atoms with Crippen molar-refractivity contribution >= 4 is 22.6 Å². The lowest BCUT2D eigenvalue weighted by Crippen LogP contribution is -2.11. The molecule has 0 aliphatic rings. The van der Waals surface area contributed by atoms with Gasteiger partial charge < -0.3 is 14.8 Å². The fourth-order valence-corrected chi connectivity index (χ4v) is 3.24. The second-order valence-electron chi connectivity index (χ2n) is 7.01. The molecule has 0 atom stereocenters. The molecule has 7 nitrogen and oxygen atoms in total. The highest BCUT2D eigenvalue weighted by atomic mass is 19.1. The molecule has 0 unspecified atom stereocenters. The molecular weight excluding hydrogens is 397 g/mol. The number of benzene rings is 3. The minimum atomic E-state index is -0.328. The topological polar surface area (TPSA) is 96.7 Å². The van der Waals surface area contributed by atoms with Crippen molar-refractivity contribution in [1.82, 2.24) is 20.1 Å². The Kier molecular flexibility index (Phi) is 4.51. The SMILES string of the molecule is Cc1noc(-c2ccc(C(=O)Nc3ccc4nc(-c5cccc(F)c5)[nH]c4c3)cc2)n1. The normalized spacial score (nSPS) is 11.0. The molecule has 0 radical (unpaired) electrons. The fourth-order valence-electron chi connectivity index (χ4n) is 3.24. The summed E-state index contributed by atoms with van der Waals surface area (Å²) in [5, 5.41) is 6.64. The molecule has 5 aromatic rings. The van der Waals surface area contributed by atoms with E-state index in [2.05, 4.69) is 25.4 Å². The Morgan fingerprint density at radius 2 is 1.84 bits per heavy atom. The maximum atomic E-state index is 13.5. The van der Waals surface area contributed by atoms with Gasteiger partial charge in [0.15, 0.2) is 5.82 Å². The number of nitrogens with zero attached hydrogens (tertiary/aromatic N) is 3. The summed E-state index contributed by atoms with van der Waals surface area (Å²) in [5.41, 5.74) is 3.95. The Bertz CT molecular complexity index is 1410. The standard InChI is InChI=1S/C23H16FN5O2/c1-13-25-23(31-29-13)15-7-5-14(6-8-15)22(30)26-18-9-10-19-20(12-18)28-21(27-19)16-3-2-4-17(24)11-16/h2-12H,1H3,(H,26,30)(H,27,28). The highest BCUT2D eigenvalue weighted by Crippen LogP contribution is 2.24. The molecule has 3 aromatic carbocycles. The number of imidazole rings is 1. The van der Waals surface area contributed by atoms with Gasteiger partial charge in [-0.1, -0.05) is 17.3 Å². The van der Waals surface area contributed by atoms with Crippen molar-refractivity contribution in [3.8, 4) is 22.8 Å². The van der Waals surface area contributed by atoms with Crippen LogP contribution in [-0.2, 0) is 0 Å². The van der Waals surface area contributed by atoms with Gasteiger partial charge in [-0.05, 0) is 61.5 Å². The van der Waals surface area contributed by atoms with Crippen LogP contribution >= 0.6 is 0 Å². The van der Waals surface area contributed by atoms with Gasteiger partial charge in [0.25, 0.3) is 11.8 Å². The number of carbonyl (C=O) groups is 1. The first-order chi connectivity index (χ1) is 15.0. The van der Waals surface area contributed by atoms with Crippen LogP contribution in [-0.4, -0.2) is 26.0 Å². The zero-order valence-corrected chi connectivity index (χ0v) is 16.4. The number of rotatable bonds is 4. The zero-order valence-electron chi connectivity index (χ0n) is 16.4. The Labute approximate surface area is 176 Å². The number of hydrogen-bond acceptors (Lipinski definition) is 5. The number of amides is 1. The summed E-state index contributed by atoms with van der Waals surface area (Å²) in [6.45, 7) is 1.74. The van der Waals surface area contributed by atoms with Gasteiger partial charge in [-0.2, -0.15) is 4.98 Å². The van der Waals surface area contributed by atoms with Crippen LogP contribution in [0, 0.1) is 12.7 Å². The van der Waals surface area contributed by atoms with Gasteiger partial charge in [-0.3, -0.25) is 4.79 Å². The zero-order chi connectivity index (χ0) is 21.4. The number of fused-ring (bicyclic) bond motifs is 1. The van der Waals surface area contributed by atoms with Crippen LogP contribution in [0.15, 0.2) is 71.3 Å². The lowest BCUT2D eigenvalue weighted by Gasteiger charge is -2.05. The summed E-state index contributed by atoms with van der Waals surface area (Å²) in [6, 6.07) is 18.5. The van der Waals surface area contributed by atoms with E-state index in [4.69, 9.17) is 4.52 Å². The number of nitrogens with one attached hydrogen (secondary N) is 2. The molecule has 1 amide bonds. The Balaban J connectivity index is 1.35. The monoisotopic (exact) mass is 413 g/mol. The summed E-state index contributed by atoms with van der Waals surface area (Å²) in [7, 11) is 0. The number of aromatic amines is 1. The van der Waals surface area contributed by atoms with Gasteiger partial charge in [0.05, 0.1) is 11.0 Å². The molecule has 152 valence electrons. The number of aromatic nitrogens is 4. The molecule has 0 spiro atoms. The molecule has 2 aromatic heterocycles. The van der Waals surface area contributed by atoms with E-state index in [0.717, 1.165) is 16.6 Å².